The monoisotopic (exact) mass is 409 g/mol. The van der Waals surface area contributed by atoms with Gasteiger partial charge in [-0.2, -0.15) is 0 Å². The molecule has 4 heterocycles. The molecule has 31 heavy (non-hydrogen) atoms. The number of nitrogen functional groups attached to an aromatic ring is 1. The molecule has 150 valence electrons. The van der Waals surface area contributed by atoms with Crippen molar-refractivity contribution < 1.29 is 4.39 Å². The molecule has 0 saturated heterocycles. The van der Waals surface area contributed by atoms with Crippen molar-refractivity contribution in [1.29, 1.82) is 0 Å². The van der Waals surface area contributed by atoms with Gasteiger partial charge in [0.05, 0.1) is 5.69 Å². The lowest BCUT2D eigenvalue weighted by Crippen LogP contribution is -2.01. The van der Waals surface area contributed by atoms with Gasteiger partial charge in [0, 0.05) is 41.8 Å². The highest BCUT2D eigenvalue weighted by Gasteiger charge is 2.09. The fourth-order valence-corrected chi connectivity index (χ4v) is 3.16. The molecule has 0 bridgehead atoms. The number of benzene rings is 1. The maximum atomic E-state index is 13.5. The number of pyridine rings is 1. The Balaban J connectivity index is 1.46. The Morgan fingerprint density at radius 3 is 2.55 bits per heavy atom. The molecule has 0 spiro atoms. The van der Waals surface area contributed by atoms with Crippen molar-refractivity contribution in [1.82, 2.24) is 29.5 Å². The fraction of sp³-hybridized carbons (Fsp3) is 0. The summed E-state index contributed by atoms with van der Waals surface area (Å²) in [6, 6.07) is 11.8. The predicted molar refractivity (Wildman–Crippen MR) is 117 cm³/mol. The van der Waals surface area contributed by atoms with Gasteiger partial charge in [-0.3, -0.25) is 4.57 Å². The Bertz CT molecular complexity index is 1420. The minimum atomic E-state index is -0.285. The fourth-order valence-electron chi connectivity index (χ4n) is 3.16. The summed E-state index contributed by atoms with van der Waals surface area (Å²) in [4.78, 5) is 21.8. The summed E-state index contributed by atoms with van der Waals surface area (Å²) >= 11 is 0. The van der Waals surface area contributed by atoms with Crippen LogP contribution in [0.3, 0.4) is 0 Å². The molecule has 4 aromatic heterocycles. The highest BCUT2D eigenvalue weighted by atomic mass is 19.1. The smallest absolute Gasteiger partial charge is 0.234 e. The van der Waals surface area contributed by atoms with Gasteiger partial charge >= 0.3 is 0 Å². The minimum absolute atomic E-state index is 0.285. The Labute approximate surface area is 176 Å². The van der Waals surface area contributed by atoms with Crippen LogP contribution in [0, 0.1) is 5.82 Å². The summed E-state index contributed by atoms with van der Waals surface area (Å²) < 4.78 is 15.2. The van der Waals surface area contributed by atoms with E-state index in [4.69, 9.17) is 5.73 Å². The number of hydrogen-bond donors (Lipinski definition) is 1. The van der Waals surface area contributed by atoms with Crippen LogP contribution >= 0.6 is 0 Å². The Kier molecular flexibility index (Phi) is 4.64. The average molecular weight is 409 g/mol. The summed E-state index contributed by atoms with van der Waals surface area (Å²) in [5.41, 5.74) is 7.95. The van der Waals surface area contributed by atoms with E-state index in [1.54, 1.807) is 53.6 Å². The molecule has 2 N–H and O–H groups in total. The van der Waals surface area contributed by atoms with Gasteiger partial charge in [-0.25, -0.2) is 29.3 Å². The van der Waals surface area contributed by atoms with Crippen LogP contribution in [0.1, 0.15) is 11.3 Å². The topological polar surface area (TPSA) is 95.4 Å². The van der Waals surface area contributed by atoms with Crippen molar-refractivity contribution in [2.75, 3.05) is 5.73 Å². The van der Waals surface area contributed by atoms with Crippen molar-refractivity contribution in [2.45, 2.75) is 0 Å². The lowest BCUT2D eigenvalue weighted by atomic mass is 10.2. The normalized spacial score (nSPS) is 11.4. The number of halogens is 1. The lowest BCUT2D eigenvalue weighted by molar-refractivity contribution is 0.630. The van der Waals surface area contributed by atoms with Gasteiger partial charge in [-0.1, -0.05) is 6.08 Å². The largest absolute Gasteiger partial charge is 0.384 e. The number of nitrogens with zero attached hydrogens (tertiary/aromatic N) is 6. The van der Waals surface area contributed by atoms with E-state index in [9.17, 15) is 4.39 Å². The Morgan fingerprint density at radius 2 is 1.65 bits per heavy atom. The molecule has 0 aliphatic carbocycles. The van der Waals surface area contributed by atoms with Gasteiger partial charge in [0.2, 0.25) is 5.95 Å². The lowest BCUT2D eigenvalue weighted by Gasteiger charge is -2.04. The second-order valence-corrected chi connectivity index (χ2v) is 6.83. The van der Waals surface area contributed by atoms with Crippen LogP contribution in [0.5, 0.6) is 0 Å². The van der Waals surface area contributed by atoms with E-state index >= 15 is 0 Å². The summed E-state index contributed by atoms with van der Waals surface area (Å²) in [6.07, 6.45) is 12.4. The van der Waals surface area contributed by atoms with Gasteiger partial charge in [0.1, 0.15) is 17.3 Å². The van der Waals surface area contributed by atoms with Crippen molar-refractivity contribution in [3.8, 4) is 17.5 Å². The van der Waals surface area contributed by atoms with E-state index in [1.807, 2.05) is 24.4 Å². The quantitative estimate of drug-likeness (QED) is 0.479. The molecule has 5 rings (SSSR count). The van der Waals surface area contributed by atoms with Gasteiger partial charge < -0.3 is 5.73 Å². The van der Waals surface area contributed by atoms with E-state index in [0.717, 1.165) is 22.0 Å². The van der Waals surface area contributed by atoms with E-state index < -0.39 is 0 Å². The van der Waals surface area contributed by atoms with Gasteiger partial charge in [0.25, 0.3) is 0 Å². The molecule has 0 aliphatic rings. The maximum absolute atomic E-state index is 13.5. The molecule has 0 unspecified atom stereocenters. The summed E-state index contributed by atoms with van der Waals surface area (Å²) in [5, 5.41) is 1.67. The highest BCUT2D eigenvalue weighted by molar-refractivity contribution is 5.82. The number of hydrogen-bond acceptors (Lipinski definition) is 6. The molecule has 8 heteroatoms. The SMILES string of the molecule is Nc1cc(/C=C/c2ccnc(-c3ccnc(-n4cc5ccc(F)cc5c4)n3)n2)ccn1. The number of fused-ring (bicyclic) bond motifs is 1. The third-order valence-corrected chi connectivity index (χ3v) is 4.64. The molecule has 0 saturated carbocycles. The van der Waals surface area contributed by atoms with E-state index in [1.165, 1.54) is 12.1 Å². The van der Waals surface area contributed by atoms with Crippen molar-refractivity contribution in [2.24, 2.45) is 0 Å². The van der Waals surface area contributed by atoms with Crippen LogP contribution in [0.4, 0.5) is 10.2 Å². The van der Waals surface area contributed by atoms with E-state index in [0.29, 0.717) is 23.3 Å². The van der Waals surface area contributed by atoms with Crippen LogP contribution < -0.4 is 5.73 Å². The first-order chi connectivity index (χ1) is 15.1. The number of aromatic nitrogens is 6. The Hall–Kier alpha value is -4.46. The molecular weight excluding hydrogens is 393 g/mol. The zero-order chi connectivity index (χ0) is 21.2. The van der Waals surface area contributed by atoms with Crippen LogP contribution in [0.2, 0.25) is 0 Å². The molecule has 0 aliphatic heterocycles. The predicted octanol–water partition coefficient (Wildman–Crippen LogP) is 4.16. The van der Waals surface area contributed by atoms with Crippen LogP contribution in [-0.2, 0) is 0 Å². The summed E-state index contributed by atoms with van der Waals surface area (Å²) in [6.45, 7) is 0. The number of anilines is 1. The molecule has 0 fully saturated rings. The number of nitrogens with two attached hydrogens (primary N) is 1. The average Bonchev–Trinajstić information content (AvgIpc) is 3.21. The van der Waals surface area contributed by atoms with Crippen molar-refractivity contribution >= 4 is 28.7 Å². The second-order valence-electron chi connectivity index (χ2n) is 6.83. The molecule has 7 nitrogen and oxygen atoms in total. The molecule has 5 aromatic rings. The van der Waals surface area contributed by atoms with Gasteiger partial charge in [-0.15, -0.1) is 0 Å². The van der Waals surface area contributed by atoms with Crippen molar-refractivity contribution in [3.63, 3.8) is 0 Å². The number of rotatable bonds is 4. The summed E-state index contributed by atoms with van der Waals surface area (Å²) in [7, 11) is 0. The standard InChI is InChI=1S/C23H16FN7/c24-18-3-2-16-13-31(14-17(16)12-18)23-28-10-7-20(30-23)22-27-9-6-19(29-22)4-1-15-5-8-26-21(25)11-15/h1-14H,(H2,25,26)/b4-1+. The summed E-state index contributed by atoms with van der Waals surface area (Å²) in [5.74, 6) is 1.10. The molecule has 0 radical (unpaired) electrons. The highest BCUT2D eigenvalue weighted by Crippen LogP contribution is 2.20. The first-order valence-electron chi connectivity index (χ1n) is 9.48. The zero-order valence-electron chi connectivity index (χ0n) is 16.2. The van der Waals surface area contributed by atoms with Crippen molar-refractivity contribution in [3.05, 3.63) is 90.5 Å². The molecular formula is C23H16FN7. The molecule has 1 aromatic carbocycles. The first kappa shape index (κ1) is 18.6. The third-order valence-electron chi connectivity index (χ3n) is 4.64. The van der Waals surface area contributed by atoms with E-state index in [-0.39, 0.29) is 5.82 Å². The maximum Gasteiger partial charge on any atom is 0.234 e. The molecule has 0 atom stereocenters. The van der Waals surface area contributed by atoms with Gasteiger partial charge in [0.15, 0.2) is 5.82 Å². The Morgan fingerprint density at radius 1 is 0.806 bits per heavy atom. The first-order valence-corrected chi connectivity index (χ1v) is 9.48. The van der Waals surface area contributed by atoms with E-state index in [2.05, 4.69) is 24.9 Å². The van der Waals surface area contributed by atoms with Crippen LogP contribution in [0.15, 0.2) is 73.4 Å². The third kappa shape index (κ3) is 3.99. The van der Waals surface area contributed by atoms with Crippen LogP contribution in [0.25, 0.3) is 40.4 Å². The molecule has 0 amide bonds. The minimum Gasteiger partial charge on any atom is -0.384 e. The van der Waals surface area contributed by atoms with Crippen LogP contribution in [-0.4, -0.2) is 29.5 Å². The zero-order valence-corrected chi connectivity index (χ0v) is 16.2. The van der Waals surface area contributed by atoms with Gasteiger partial charge in [-0.05, 0) is 54.1 Å². The second kappa shape index (κ2) is 7.75.